The maximum Gasteiger partial charge on any atom is 0.246 e. The molecule has 0 bridgehead atoms. The number of nitriles is 1. The van der Waals surface area contributed by atoms with E-state index in [-0.39, 0.29) is 26.1 Å². The van der Waals surface area contributed by atoms with Gasteiger partial charge in [-0.1, -0.05) is 0 Å². The zero-order valence-corrected chi connectivity index (χ0v) is 12.2. The molecule has 1 rings (SSSR count). The maximum absolute atomic E-state index is 13.7. The minimum Gasteiger partial charge on any atom is -0.396 e. The summed E-state index contributed by atoms with van der Waals surface area (Å²) < 4.78 is 57.3. The third-order valence-corrected chi connectivity index (χ3v) is 4.60. The number of halogens is 2. The second-order valence-corrected chi connectivity index (χ2v) is 6.02. The van der Waals surface area contributed by atoms with Gasteiger partial charge in [-0.25, -0.2) is 17.2 Å². The highest BCUT2D eigenvalue weighted by Gasteiger charge is 2.28. The molecular weight excluding hydrogens is 304 g/mol. The van der Waals surface area contributed by atoms with Crippen molar-refractivity contribution in [3.63, 3.8) is 0 Å². The van der Waals surface area contributed by atoms with Gasteiger partial charge in [0.25, 0.3) is 0 Å². The molecule has 1 aromatic carbocycles. The Morgan fingerprint density at radius 2 is 2.00 bits per heavy atom. The van der Waals surface area contributed by atoms with E-state index in [2.05, 4.69) is 0 Å². The quantitative estimate of drug-likeness (QED) is 0.759. The first-order chi connectivity index (χ1) is 9.84. The fraction of sp³-hybridized carbons (Fsp3) is 0.417. The first kappa shape index (κ1) is 17.3. The van der Waals surface area contributed by atoms with Crippen LogP contribution in [0.25, 0.3) is 0 Å². The third kappa shape index (κ3) is 4.10. The van der Waals surface area contributed by atoms with Gasteiger partial charge in [0.05, 0.1) is 18.4 Å². The van der Waals surface area contributed by atoms with Gasteiger partial charge in [0.2, 0.25) is 10.0 Å². The summed E-state index contributed by atoms with van der Waals surface area (Å²) in [6.07, 6.45) is -0.0682. The summed E-state index contributed by atoms with van der Waals surface area (Å²) in [6, 6.07) is 2.95. The minimum atomic E-state index is -4.23. The fourth-order valence-electron chi connectivity index (χ4n) is 1.60. The summed E-state index contributed by atoms with van der Waals surface area (Å²) >= 11 is 0. The van der Waals surface area contributed by atoms with Crippen LogP contribution in [0.5, 0.6) is 0 Å². The lowest BCUT2D eigenvalue weighted by Crippen LogP contribution is -2.35. The number of methoxy groups -OCH3 is 1. The van der Waals surface area contributed by atoms with Crippen LogP contribution >= 0.6 is 0 Å². The van der Waals surface area contributed by atoms with Gasteiger partial charge < -0.3 is 10.5 Å². The van der Waals surface area contributed by atoms with E-state index >= 15 is 0 Å². The summed E-state index contributed by atoms with van der Waals surface area (Å²) in [7, 11) is -2.85. The number of nitrogen functional groups attached to an aromatic ring is 1. The number of ether oxygens (including phenoxy) is 1. The average Bonchev–Trinajstić information content (AvgIpc) is 2.42. The van der Waals surface area contributed by atoms with E-state index in [9.17, 15) is 17.2 Å². The molecule has 2 N–H and O–H groups in total. The molecule has 0 aromatic heterocycles. The Morgan fingerprint density at radius 3 is 2.57 bits per heavy atom. The summed E-state index contributed by atoms with van der Waals surface area (Å²) in [5, 5.41) is 8.57. The second kappa shape index (κ2) is 7.31. The van der Waals surface area contributed by atoms with Crippen LogP contribution in [0.15, 0.2) is 17.0 Å². The summed E-state index contributed by atoms with van der Waals surface area (Å²) in [4.78, 5) is -0.726. The van der Waals surface area contributed by atoms with Gasteiger partial charge in [0, 0.05) is 32.7 Å². The van der Waals surface area contributed by atoms with Crippen LogP contribution in [-0.4, -0.2) is 39.5 Å². The number of anilines is 1. The molecule has 0 saturated heterocycles. The SMILES string of the molecule is COCCN(CCC#N)S(=O)(=O)c1cc(N)c(F)cc1F. The first-order valence-electron chi connectivity index (χ1n) is 5.95. The Bertz CT molecular complexity index is 644. The van der Waals surface area contributed by atoms with Crippen molar-refractivity contribution in [2.24, 2.45) is 0 Å². The number of hydrogen-bond donors (Lipinski definition) is 1. The smallest absolute Gasteiger partial charge is 0.246 e. The van der Waals surface area contributed by atoms with Crippen molar-refractivity contribution < 1.29 is 21.9 Å². The zero-order chi connectivity index (χ0) is 16.0. The molecule has 1 aromatic rings. The number of benzene rings is 1. The van der Waals surface area contributed by atoms with E-state index in [0.717, 1.165) is 10.4 Å². The van der Waals surface area contributed by atoms with Gasteiger partial charge in [-0.2, -0.15) is 9.57 Å². The zero-order valence-electron chi connectivity index (χ0n) is 11.3. The predicted octanol–water partition coefficient (Wildman–Crippen LogP) is 1.10. The highest BCUT2D eigenvalue weighted by molar-refractivity contribution is 7.89. The maximum atomic E-state index is 13.7. The molecule has 0 amide bonds. The minimum absolute atomic E-state index is 0.0583. The average molecular weight is 319 g/mol. The molecule has 21 heavy (non-hydrogen) atoms. The van der Waals surface area contributed by atoms with Crippen molar-refractivity contribution in [1.82, 2.24) is 4.31 Å². The Labute approximate surface area is 121 Å². The van der Waals surface area contributed by atoms with Gasteiger partial charge in [0.15, 0.2) is 0 Å². The molecule has 0 fully saturated rings. The summed E-state index contributed by atoms with van der Waals surface area (Å²) in [5.74, 6) is -2.27. The molecule has 0 radical (unpaired) electrons. The van der Waals surface area contributed by atoms with Crippen LogP contribution in [0.3, 0.4) is 0 Å². The standard InChI is InChI=1S/C12H15F2N3O3S/c1-20-6-5-17(4-2-3-15)21(18,19)12-8-11(16)9(13)7-10(12)14/h7-8H,2,4-6,16H2,1H3. The lowest BCUT2D eigenvalue weighted by atomic mass is 10.3. The van der Waals surface area contributed by atoms with Crippen LogP contribution < -0.4 is 5.73 Å². The predicted molar refractivity (Wildman–Crippen MR) is 71.6 cm³/mol. The number of nitrogens with two attached hydrogens (primary N) is 1. The van der Waals surface area contributed by atoms with E-state index in [1.807, 2.05) is 6.07 Å². The van der Waals surface area contributed by atoms with Gasteiger partial charge in [-0.15, -0.1) is 0 Å². The Balaban J connectivity index is 3.22. The third-order valence-electron chi connectivity index (χ3n) is 2.69. The topological polar surface area (TPSA) is 96.4 Å². The molecule has 9 heteroatoms. The molecule has 0 aliphatic heterocycles. The van der Waals surface area contributed by atoms with E-state index < -0.39 is 32.2 Å². The monoisotopic (exact) mass is 319 g/mol. The normalized spacial score (nSPS) is 11.6. The number of rotatable bonds is 7. The van der Waals surface area contributed by atoms with E-state index in [1.54, 1.807) is 0 Å². The van der Waals surface area contributed by atoms with Crippen molar-refractivity contribution in [3.8, 4) is 6.07 Å². The first-order valence-corrected chi connectivity index (χ1v) is 7.39. The molecule has 0 saturated carbocycles. The molecule has 0 atom stereocenters. The van der Waals surface area contributed by atoms with Crippen LogP contribution in [0.4, 0.5) is 14.5 Å². The largest absolute Gasteiger partial charge is 0.396 e. The van der Waals surface area contributed by atoms with Crippen LogP contribution in [0.1, 0.15) is 6.42 Å². The Kier molecular flexibility index (Phi) is 6.02. The Morgan fingerprint density at radius 1 is 1.33 bits per heavy atom. The molecular formula is C12H15F2N3O3S. The van der Waals surface area contributed by atoms with Gasteiger partial charge in [-0.3, -0.25) is 0 Å². The molecule has 0 spiro atoms. The molecule has 0 heterocycles. The highest BCUT2D eigenvalue weighted by Crippen LogP contribution is 2.24. The van der Waals surface area contributed by atoms with Crippen LogP contribution in [0, 0.1) is 23.0 Å². The van der Waals surface area contributed by atoms with Crippen molar-refractivity contribution in [2.45, 2.75) is 11.3 Å². The van der Waals surface area contributed by atoms with Crippen LogP contribution in [-0.2, 0) is 14.8 Å². The van der Waals surface area contributed by atoms with E-state index in [1.165, 1.54) is 7.11 Å². The second-order valence-electron chi connectivity index (χ2n) is 4.11. The van der Waals surface area contributed by atoms with Crippen molar-refractivity contribution in [1.29, 1.82) is 5.26 Å². The summed E-state index contributed by atoms with van der Waals surface area (Å²) in [6.45, 7) is -0.112. The van der Waals surface area contributed by atoms with Gasteiger partial charge >= 0.3 is 0 Å². The number of sulfonamides is 1. The van der Waals surface area contributed by atoms with Crippen molar-refractivity contribution >= 4 is 15.7 Å². The number of nitrogens with zero attached hydrogens (tertiary/aromatic N) is 2. The Hall–Kier alpha value is -1.76. The number of hydrogen-bond acceptors (Lipinski definition) is 5. The molecule has 116 valence electrons. The van der Waals surface area contributed by atoms with Crippen LogP contribution in [0.2, 0.25) is 0 Å². The van der Waals surface area contributed by atoms with E-state index in [4.69, 9.17) is 15.7 Å². The molecule has 0 unspecified atom stereocenters. The summed E-state index contributed by atoms with van der Waals surface area (Å²) in [5.41, 5.74) is 4.81. The van der Waals surface area contributed by atoms with Gasteiger partial charge in [-0.05, 0) is 6.07 Å². The lowest BCUT2D eigenvalue weighted by Gasteiger charge is -2.21. The highest BCUT2D eigenvalue weighted by atomic mass is 32.2. The fourth-order valence-corrected chi connectivity index (χ4v) is 3.11. The van der Waals surface area contributed by atoms with Gasteiger partial charge in [0.1, 0.15) is 16.5 Å². The molecule has 0 aliphatic carbocycles. The molecule has 0 aliphatic rings. The van der Waals surface area contributed by atoms with Crippen molar-refractivity contribution in [3.05, 3.63) is 23.8 Å². The lowest BCUT2D eigenvalue weighted by molar-refractivity contribution is 0.179. The molecule has 6 nitrogen and oxygen atoms in total. The van der Waals surface area contributed by atoms with E-state index in [0.29, 0.717) is 6.07 Å². The van der Waals surface area contributed by atoms with Crippen molar-refractivity contribution in [2.75, 3.05) is 32.5 Å².